The number of likely N-dealkylation sites (tertiary alicyclic amines) is 1. The van der Waals surface area contributed by atoms with Crippen LogP contribution < -0.4 is 11.1 Å². The minimum Gasteiger partial charge on any atom is -0.351 e. The Labute approximate surface area is 336 Å². The molecule has 2 saturated heterocycles. The summed E-state index contributed by atoms with van der Waals surface area (Å²) in [6, 6.07) is 11.9. The second kappa shape index (κ2) is 16.2. The summed E-state index contributed by atoms with van der Waals surface area (Å²) in [5.41, 5.74) is 15.2. The van der Waals surface area contributed by atoms with E-state index in [0.29, 0.717) is 35.0 Å². The van der Waals surface area contributed by atoms with Gasteiger partial charge in [0.15, 0.2) is 0 Å². The van der Waals surface area contributed by atoms with Crippen LogP contribution in [0.1, 0.15) is 82.3 Å². The molecule has 2 aromatic heterocycles. The van der Waals surface area contributed by atoms with Crippen molar-refractivity contribution < 1.29 is 4.79 Å². The van der Waals surface area contributed by atoms with E-state index in [1.165, 1.54) is 33.5 Å². The fraction of sp³-hybridized carbons (Fsp3) is 0.410. The number of piperidine rings is 2. The Balaban J connectivity index is 0.000000160. The normalized spacial score (nSPS) is 20.5. The summed E-state index contributed by atoms with van der Waals surface area (Å²) in [5.74, 6) is 1.28. The van der Waals surface area contributed by atoms with Crippen LogP contribution in [-0.2, 0) is 25.7 Å². The van der Waals surface area contributed by atoms with E-state index in [9.17, 15) is 4.79 Å². The van der Waals surface area contributed by atoms with E-state index in [1.807, 2.05) is 30.6 Å². The molecule has 2 amide bonds. The zero-order valence-electron chi connectivity index (χ0n) is 28.0. The number of nitrogens with two attached hydrogens (primary N) is 1. The minimum atomic E-state index is -0.345. The molecule has 6 nitrogen and oxygen atoms in total. The maximum atomic E-state index is 11.5. The Morgan fingerprint density at radius 3 is 1.55 bits per heavy atom. The third-order valence-electron chi connectivity index (χ3n) is 11.0. The Morgan fingerprint density at radius 2 is 1.10 bits per heavy atom. The second-order valence-electron chi connectivity index (χ2n) is 14.0. The number of carbonyl (C=O) groups excluding carboxylic acids is 1. The summed E-state index contributed by atoms with van der Waals surface area (Å²) < 4.78 is 2.03. The first-order valence-electron chi connectivity index (χ1n) is 17.6. The number of nitrogens with zero attached hydrogens (tertiary/aromatic N) is 3. The van der Waals surface area contributed by atoms with Crippen molar-refractivity contribution in [3.63, 3.8) is 0 Å². The molecule has 0 saturated carbocycles. The number of rotatable bonds is 2. The highest BCUT2D eigenvalue weighted by Crippen LogP contribution is 2.47. The van der Waals surface area contributed by atoms with Gasteiger partial charge in [-0.3, -0.25) is 9.97 Å². The Morgan fingerprint density at radius 1 is 0.667 bits per heavy atom. The number of carbonyl (C=O) groups is 1. The van der Waals surface area contributed by atoms with Crippen LogP contribution in [0.5, 0.6) is 0 Å². The predicted molar refractivity (Wildman–Crippen MR) is 215 cm³/mol. The quantitative estimate of drug-likeness (QED) is 0.210. The molecule has 4 heterocycles. The van der Waals surface area contributed by atoms with E-state index in [-0.39, 0.29) is 17.9 Å². The molecule has 3 N–H and O–H groups in total. The van der Waals surface area contributed by atoms with Crippen molar-refractivity contribution in [1.29, 1.82) is 0 Å². The van der Waals surface area contributed by atoms with Gasteiger partial charge < -0.3 is 16.0 Å². The van der Waals surface area contributed by atoms with Crippen LogP contribution in [0, 0.1) is 11.8 Å². The molecule has 0 radical (unpaired) electrons. The molecule has 0 spiro atoms. The van der Waals surface area contributed by atoms with Crippen LogP contribution in [0.15, 0.2) is 57.7 Å². The van der Waals surface area contributed by atoms with Crippen molar-refractivity contribution >= 4 is 84.3 Å². The van der Waals surface area contributed by atoms with Crippen molar-refractivity contribution in [3.05, 3.63) is 123 Å². The topological polar surface area (TPSA) is 84.1 Å². The third-order valence-corrected chi connectivity index (χ3v) is 12.9. The van der Waals surface area contributed by atoms with Crippen molar-refractivity contribution in [2.24, 2.45) is 17.6 Å². The van der Waals surface area contributed by atoms with Crippen LogP contribution in [0.2, 0.25) is 20.1 Å². The van der Waals surface area contributed by atoms with Crippen molar-refractivity contribution in [1.82, 2.24) is 20.2 Å². The molecule has 12 heteroatoms. The SMILES string of the molecule is Clc1cc(Cl)c2c(c1)CCc1cc(Br)cnc1C2C1CCNCC1.NC(=O)N1CCC(C2c3ncc(Br)cc3CCc3cc(Cl)cc(Cl)c32)CC1. The number of hydrogen-bond acceptors (Lipinski definition) is 4. The number of nitrogens with one attached hydrogen (secondary N) is 1. The molecule has 2 aliphatic heterocycles. The number of urea groups is 1. The van der Waals surface area contributed by atoms with Crippen LogP contribution in [0.4, 0.5) is 4.79 Å². The molecule has 2 atom stereocenters. The molecule has 2 aliphatic carbocycles. The monoisotopic (exact) mass is 891 g/mol. The summed E-state index contributed by atoms with van der Waals surface area (Å²) in [7, 11) is 0. The first-order valence-corrected chi connectivity index (χ1v) is 20.7. The first-order chi connectivity index (χ1) is 24.6. The number of aromatic nitrogens is 2. The Kier molecular flexibility index (Phi) is 11.9. The van der Waals surface area contributed by atoms with Gasteiger partial charge in [-0.05, 0) is 178 Å². The number of pyridine rings is 2. The molecule has 4 aromatic rings. The van der Waals surface area contributed by atoms with Crippen LogP contribution >= 0.6 is 78.3 Å². The zero-order chi connectivity index (χ0) is 35.8. The van der Waals surface area contributed by atoms with Crippen LogP contribution in [0.25, 0.3) is 0 Å². The van der Waals surface area contributed by atoms with Gasteiger partial charge in [-0.25, -0.2) is 4.79 Å². The molecular formula is C39H39Br2Cl4N5O. The zero-order valence-corrected chi connectivity index (χ0v) is 34.2. The van der Waals surface area contributed by atoms with Gasteiger partial charge in [0.25, 0.3) is 0 Å². The molecular weight excluding hydrogens is 856 g/mol. The maximum Gasteiger partial charge on any atom is 0.314 e. The smallest absolute Gasteiger partial charge is 0.314 e. The maximum absolute atomic E-state index is 11.5. The molecule has 4 aliphatic rings. The number of aryl methyl sites for hydroxylation is 4. The fourth-order valence-electron chi connectivity index (χ4n) is 8.69. The molecule has 2 fully saturated rings. The van der Waals surface area contributed by atoms with Gasteiger partial charge in [0, 0.05) is 66.4 Å². The highest BCUT2D eigenvalue weighted by molar-refractivity contribution is 9.10. The molecule has 8 rings (SSSR count). The van der Waals surface area contributed by atoms with Gasteiger partial charge in [-0.15, -0.1) is 0 Å². The highest BCUT2D eigenvalue weighted by atomic mass is 79.9. The summed E-state index contributed by atoms with van der Waals surface area (Å²) in [6.45, 7) is 3.47. The molecule has 268 valence electrons. The van der Waals surface area contributed by atoms with Gasteiger partial charge in [0.05, 0.1) is 11.4 Å². The number of fused-ring (bicyclic) bond motifs is 4. The Hall–Kier alpha value is -1.91. The van der Waals surface area contributed by atoms with Gasteiger partial charge in [-0.2, -0.15) is 0 Å². The van der Waals surface area contributed by atoms with E-state index in [4.69, 9.17) is 62.1 Å². The van der Waals surface area contributed by atoms with Crippen LogP contribution in [0.3, 0.4) is 0 Å². The molecule has 0 bridgehead atoms. The lowest BCUT2D eigenvalue weighted by molar-refractivity contribution is 0.174. The first kappa shape index (κ1) is 37.4. The number of amides is 2. The third kappa shape index (κ3) is 8.13. The van der Waals surface area contributed by atoms with E-state index in [2.05, 4.69) is 55.4 Å². The van der Waals surface area contributed by atoms with Gasteiger partial charge in [0.2, 0.25) is 0 Å². The molecule has 2 unspecified atom stereocenters. The Bertz CT molecular complexity index is 1950. The average Bonchev–Trinajstić information content (AvgIpc) is 3.37. The van der Waals surface area contributed by atoms with Gasteiger partial charge in [-0.1, -0.05) is 46.4 Å². The van der Waals surface area contributed by atoms with Gasteiger partial charge >= 0.3 is 6.03 Å². The minimum absolute atomic E-state index is 0.102. The van der Waals surface area contributed by atoms with Crippen LogP contribution in [-0.4, -0.2) is 47.1 Å². The van der Waals surface area contributed by atoms with Gasteiger partial charge in [0.1, 0.15) is 0 Å². The number of hydrogen-bond donors (Lipinski definition) is 2. The molecule has 2 aromatic carbocycles. The lowest BCUT2D eigenvalue weighted by Crippen LogP contribution is -2.42. The second-order valence-corrected chi connectivity index (χ2v) is 17.5. The molecule has 51 heavy (non-hydrogen) atoms. The predicted octanol–water partition coefficient (Wildman–Crippen LogP) is 10.6. The summed E-state index contributed by atoms with van der Waals surface area (Å²) >= 11 is 33.1. The standard InChI is InChI=1S/C20H20BrCl2N3O.C19H19BrCl2N2/c21-14-7-13-2-1-12-8-15(22)9-16(23)17(12)18(19(13)25-10-14)11-3-5-26(6-4-11)20(24)27;20-14-7-13-2-1-12-8-15(21)9-16(22)17(12)18(19(13)24-10-14)11-3-5-23-6-4-11/h7-11,18H,1-6H2,(H2,24,27);7-11,18,23H,1-6H2. The lowest BCUT2D eigenvalue weighted by Gasteiger charge is -2.36. The number of primary amides is 1. The van der Waals surface area contributed by atoms with Crippen molar-refractivity contribution in [2.45, 2.75) is 63.2 Å². The van der Waals surface area contributed by atoms with E-state index in [1.54, 1.807) is 4.90 Å². The van der Waals surface area contributed by atoms with Crippen molar-refractivity contribution in [3.8, 4) is 0 Å². The largest absolute Gasteiger partial charge is 0.351 e. The van der Waals surface area contributed by atoms with E-state index in [0.717, 1.165) is 94.7 Å². The summed E-state index contributed by atoms with van der Waals surface area (Å²) in [6.07, 6.45) is 11.6. The lowest BCUT2D eigenvalue weighted by atomic mass is 9.76. The fourth-order valence-corrected chi connectivity index (χ4v) is 10.8. The number of halogens is 6. The summed E-state index contributed by atoms with van der Waals surface area (Å²) in [5, 5.41) is 6.36. The van der Waals surface area contributed by atoms with Crippen molar-refractivity contribution in [2.75, 3.05) is 26.2 Å². The highest BCUT2D eigenvalue weighted by Gasteiger charge is 2.37. The average molecular weight is 895 g/mol. The summed E-state index contributed by atoms with van der Waals surface area (Å²) in [4.78, 5) is 22.9. The number of benzene rings is 2. The van der Waals surface area contributed by atoms with E-state index < -0.39 is 0 Å². The van der Waals surface area contributed by atoms with E-state index >= 15 is 0 Å².